The molecule has 3 unspecified atom stereocenters. The first kappa shape index (κ1) is 10.9. The van der Waals surface area contributed by atoms with Crippen molar-refractivity contribution in [2.75, 3.05) is 13.7 Å². The number of hydrogen-bond donors (Lipinski definition) is 0. The van der Waals surface area contributed by atoms with Gasteiger partial charge in [0.25, 0.3) is 0 Å². The minimum absolute atomic E-state index is 0.0110. The lowest BCUT2D eigenvalue weighted by Crippen LogP contribution is -2.44. The van der Waals surface area contributed by atoms with Gasteiger partial charge in [0.15, 0.2) is 0 Å². The quantitative estimate of drug-likeness (QED) is 0.664. The van der Waals surface area contributed by atoms with Crippen LogP contribution in [-0.2, 0) is 9.47 Å². The minimum atomic E-state index is -1.13. The van der Waals surface area contributed by atoms with Gasteiger partial charge in [0.1, 0.15) is 0 Å². The van der Waals surface area contributed by atoms with Gasteiger partial charge in [-0.15, -0.1) is 0 Å². The van der Waals surface area contributed by atoms with Crippen LogP contribution in [0.25, 0.3) is 0 Å². The largest absolute Gasteiger partial charge is 0.382 e. The van der Waals surface area contributed by atoms with Gasteiger partial charge in [-0.25, -0.2) is 4.39 Å². The van der Waals surface area contributed by atoms with E-state index >= 15 is 0 Å². The second-order valence-electron chi connectivity index (χ2n) is 4.06. The maximum atomic E-state index is 13.3. The summed E-state index contributed by atoms with van der Waals surface area (Å²) in [6.07, 6.45) is -1.22. The highest BCUT2D eigenvalue weighted by atomic mass is 19.1. The van der Waals surface area contributed by atoms with Gasteiger partial charge in [-0.3, -0.25) is 0 Å². The predicted octanol–water partition coefficient (Wildman–Crippen LogP) is 2.24. The van der Waals surface area contributed by atoms with Crippen LogP contribution in [0.15, 0.2) is 0 Å². The van der Waals surface area contributed by atoms with Gasteiger partial charge in [-0.1, -0.05) is 20.8 Å². The number of rotatable bonds is 2. The third-order valence-corrected chi connectivity index (χ3v) is 3.29. The van der Waals surface area contributed by atoms with Crippen LogP contribution in [0, 0.1) is 17.8 Å². The molecule has 0 aromatic carbocycles. The summed E-state index contributed by atoms with van der Waals surface area (Å²) in [4.78, 5) is 0. The molecule has 0 aromatic heterocycles. The van der Waals surface area contributed by atoms with E-state index in [2.05, 4.69) is 13.8 Å². The molecule has 0 amide bonds. The second kappa shape index (κ2) is 4.38. The summed E-state index contributed by atoms with van der Waals surface area (Å²) in [5.41, 5.74) is 0. The van der Waals surface area contributed by atoms with Gasteiger partial charge in [-0.2, -0.15) is 0 Å². The molecule has 2 nitrogen and oxygen atoms in total. The lowest BCUT2D eigenvalue weighted by atomic mass is 9.79. The Morgan fingerprint density at radius 3 is 2.31 bits per heavy atom. The zero-order valence-electron chi connectivity index (χ0n) is 8.79. The van der Waals surface area contributed by atoms with Crippen molar-refractivity contribution >= 4 is 0 Å². The van der Waals surface area contributed by atoms with Crippen molar-refractivity contribution in [3.63, 3.8) is 0 Å². The normalized spacial score (nSPS) is 46.4. The lowest BCUT2D eigenvalue weighted by molar-refractivity contribution is -0.200. The number of halogens is 1. The van der Waals surface area contributed by atoms with E-state index in [0.717, 1.165) is 0 Å². The minimum Gasteiger partial charge on any atom is -0.382 e. The summed E-state index contributed by atoms with van der Waals surface area (Å²) in [6, 6.07) is 0. The summed E-state index contributed by atoms with van der Waals surface area (Å²) in [7, 11) is 1.62. The van der Waals surface area contributed by atoms with Crippen LogP contribution in [0.1, 0.15) is 20.8 Å². The Morgan fingerprint density at radius 1 is 1.15 bits per heavy atom. The molecule has 1 fully saturated rings. The molecule has 0 bridgehead atoms. The van der Waals surface area contributed by atoms with Crippen LogP contribution >= 0.6 is 0 Å². The van der Waals surface area contributed by atoms with E-state index < -0.39 is 6.36 Å². The van der Waals surface area contributed by atoms with Gasteiger partial charge >= 0.3 is 0 Å². The number of hydrogen-bond acceptors (Lipinski definition) is 2. The van der Waals surface area contributed by atoms with Gasteiger partial charge in [0.2, 0.25) is 6.36 Å². The van der Waals surface area contributed by atoms with E-state index in [1.807, 2.05) is 6.92 Å². The summed E-state index contributed by atoms with van der Waals surface area (Å²) in [5, 5.41) is 0. The van der Waals surface area contributed by atoms with Crippen LogP contribution < -0.4 is 0 Å². The highest BCUT2D eigenvalue weighted by Crippen LogP contribution is 2.35. The number of alkyl halides is 1. The third kappa shape index (κ3) is 2.20. The Bertz CT molecular complexity index is 163. The van der Waals surface area contributed by atoms with Gasteiger partial charge in [0.05, 0.1) is 12.7 Å². The summed E-state index contributed by atoms with van der Waals surface area (Å²) in [6.45, 7) is 6.55. The van der Waals surface area contributed by atoms with Gasteiger partial charge in [0, 0.05) is 13.0 Å². The molecule has 0 N–H and O–H groups in total. The van der Waals surface area contributed by atoms with Gasteiger partial charge in [-0.05, 0) is 11.8 Å². The molecule has 13 heavy (non-hydrogen) atoms. The average molecular weight is 190 g/mol. The smallest absolute Gasteiger partial charge is 0.201 e. The highest BCUT2D eigenvalue weighted by molar-refractivity contribution is 4.81. The van der Waals surface area contributed by atoms with Crippen molar-refractivity contribution in [2.24, 2.45) is 17.8 Å². The number of methoxy groups -OCH3 is 1. The van der Waals surface area contributed by atoms with Crippen molar-refractivity contribution in [1.29, 1.82) is 0 Å². The Kier molecular flexibility index (Phi) is 3.68. The van der Waals surface area contributed by atoms with E-state index in [-0.39, 0.29) is 12.0 Å². The Hall–Kier alpha value is -0.150. The Labute approximate surface area is 79.4 Å². The zero-order chi connectivity index (χ0) is 10.0. The third-order valence-electron chi connectivity index (χ3n) is 3.29. The summed E-state index contributed by atoms with van der Waals surface area (Å²) >= 11 is 0. The SMILES string of the molecule is COCC1OC(F)C(C)[C@@H](C)[C@H]1C. The highest BCUT2D eigenvalue weighted by Gasteiger charge is 2.38. The molecule has 1 aliphatic rings. The van der Waals surface area contributed by atoms with Crippen molar-refractivity contribution in [2.45, 2.75) is 33.2 Å². The molecular weight excluding hydrogens is 171 g/mol. The molecule has 0 saturated carbocycles. The van der Waals surface area contributed by atoms with E-state index in [1.54, 1.807) is 7.11 Å². The molecule has 3 heteroatoms. The van der Waals surface area contributed by atoms with Crippen LogP contribution in [-0.4, -0.2) is 26.2 Å². The average Bonchev–Trinajstić information content (AvgIpc) is 2.11. The fraction of sp³-hybridized carbons (Fsp3) is 1.00. The van der Waals surface area contributed by atoms with Crippen molar-refractivity contribution < 1.29 is 13.9 Å². The molecule has 1 saturated heterocycles. The fourth-order valence-electron chi connectivity index (χ4n) is 1.83. The molecule has 0 spiro atoms. The van der Waals surface area contributed by atoms with Crippen LogP contribution in [0.3, 0.4) is 0 Å². The lowest BCUT2D eigenvalue weighted by Gasteiger charge is -2.40. The number of ether oxygens (including phenoxy) is 2. The summed E-state index contributed by atoms with van der Waals surface area (Å²) in [5.74, 6) is 0.703. The van der Waals surface area contributed by atoms with Gasteiger partial charge < -0.3 is 9.47 Å². The van der Waals surface area contributed by atoms with E-state index in [0.29, 0.717) is 18.4 Å². The first-order valence-corrected chi connectivity index (χ1v) is 4.86. The van der Waals surface area contributed by atoms with E-state index in [9.17, 15) is 4.39 Å². The van der Waals surface area contributed by atoms with Crippen LogP contribution in [0.2, 0.25) is 0 Å². The van der Waals surface area contributed by atoms with Crippen LogP contribution in [0.5, 0.6) is 0 Å². The standard InChI is InChI=1S/C10H19FO2/c1-6-7(2)9(5-12-4)13-10(11)8(6)3/h6-10H,5H2,1-4H3/t6-,7+,8?,9?,10?/m0/s1. The zero-order valence-corrected chi connectivity index (χ0v) is 8.79. The Morgan fingerprint density at radius 2 is 1.77 bits per heavy atom. The van der Waals surface area contributed by atoms with Crippen molar-refractivity contribution in [1.82, 2.24) is 0 Å². The predicted molar refractivity (Wildman–Crippen MR) is 49.1 cm³/mol. The Balaban J connectivity index is 2.59. The van der Waals surface area contributed by atoms with Crippen molar-refractivity contribution in [3.8, 4) is 0 Å². The fourth-order valence-corrected chi connectivity index (χ4v) is 1.83. The second-order valence-corrected chi connectivity index (χ2v) is 4.06. The molecule has 1 heterocycles. The molecular formula is C10H19FO2. The molecule has 78 valence electrons. The molecule has 0 radical (unpaired) electrons. The summed E-state index contributed by atoms with van der Waals surface area (Å²) < 4.78 is 23.5. The van der Waals surface area contributed by atoms with Crippen LogP contribution in [0.4, 0.5) is 4.39 Å². The monoisotopic (exact) mass is 190 g/mol. The molecule has 0 aliphatic carbocycles. The first-order chi connectivity index (χ1) is 6.07. The topological polar surface area (TPSA) is 18.5 Å². The van der Waals surface area contributed by atoms with Crippen molar-refractivity contribution in [3.05, 3.63) is 0 Å². The van der Waals surface area contributed by atoms with E-state index in [4.69, 9.17) is 9.47 Å². The molecule has 5 atom stereocenters. The maximum Gasteiger partial charge on any atom is 0.201 e. The maximum absolute atomic E-state index is 13.3. The first-order valence-electron chi connectivity index (χ1n) is 4.86. The van der Waals surface area contributed by atoms with E-state index in [1.165, 1.54) is 0 Å². The molecule has 1 aliphatic heterocycles. The molecule has 0 aromatic rings. The molecule has 1 rings (SSSR count).